The zero-order chi connectivity index (χ0) is 18.9. The van der Waals surface area contributed by atoms with Gasteiger partial charge in [0.1, 0.15) is 0 Å². The number of nitrogens with one attached hydrogen (secondary N) is 1. The lowest BCUT2D eigenvalue weighted by Gasteiger charge is -2.26. The highest BCUT2D eigenvalue weighted by molar-refractivity contribution is 5.43. The number of benzene rings is 2. The summed E-state index contributed by atoms with van der Waals surface area (Å²) in [6, 6.07) is 15.0. The number of rotatable bonds is 9. The van der Waals surface area contributed by atoms with Crippen LogP contribution in [0.25, 0.3) is 0 Å². The summed E-state index contributed by atoms with van der Waals surface area (Å²) in [7, 11) is 1.67. The lowest BCUT2D eigenvalue weighted by Crippen LogP contribution is -2.35. The van der Waals surface area contributed by atoms with Gasteiger partial charge in [0.15, 0.2) is 11.5 Å². The minimum atomic E-state index is 0.629. The minimum absolute atomic E-state index is 0.629. The van der Waals surface area contributed by atoms with Crippen molar-refractivity contribution in [2.45, 2.75) is 26.6 Å². The molecule has 5 heteroatoms. The molecule has 0 aromatic heterocycles. The van der Waals surface area contributed by atoms with Gasteiger partial charge >= 0.3 is 0 Å². The molecule has 1 heterocycles. The van der Waals surface area contributed by atoms with Crippen LogP contribution in [0.3, 0.4) is 0 Å². The number of methoxy groups -OCH3 is 1. The van der Waals surface area contributed by atoms with Crippen molar-refractivity contribution >= 4 is 0 Å². The van der Waals surface area contributed by atoms with E-state index in [9.17, 15) is 0 Å². The topological polar surface area (TPSA) is 43.0 Å². The van der Waals surface area contributed by atoms with Crippen LogP contribution in [-0.2, 0) is 24.4 Å². The maximum absolute atomic E-state index is 5.64. The van der Waals surface area contributed by atoms with Gasteiger partial charge in [0.05, 0.1) is 26.9 Å². The van der Waals surface area contributed by atoms with Crippen LogP contribution in [0.1, 0.15) is 23.6 Å². The fourth-order valence-corrected chi connectivity index (χ4v) is 3.23. The van der Waals surface area contributed by atoms with Crippen molar-refractivity contribution < 1.29 is 14.2 Å². The maximum Gasteiger partial charge on any atom is 0.161 e. The molecule has 1 aliphatic rings. The van der Waals surface area contributed by atoms with Crippen LogP contribution in [0.15, 0.2) is 42.5 Å². The van der Waals surface area contributed by atoms with E-state index in [-0.39, 0.29) is 0 Å². The average molecular weight is 370 g/mol. The molecule has 0 aliphatic carbocycles. The molecule has 0 unspecified atom stereocenters. The molecule has 1 aliphatic heterocycles. The summed E-state index contributed by atoms with van der Waals surface area (Å²) in [5, 5.41) is 3.50. The highest BCUT2D eigenvalue weighted by atomic mass is 16.5. The summed E-state index contributed by atoms with van der Waals surface area (Å²) in [4.78, 5) is 2.44. The molecule has 0 atom stereocenters. The maximum atomic E-state index is 5.64. The van der Waals surface area contributed by atoms with E-state index in [1.165, 1.54) is 16.7 Å². The Bertz CT molecular complexity index is 697. The number of hydrogen-bond donors (Lipinski definition) is 1. The zero-order valence-corrected chi connectivity index (χ0v) is 16.4. The molecule has 5 nitrogen and oxygen atoms in total. The van der Waals surface area contributed by atoms with Crippen molar-refractivity contribution in [1.82, 2.24) is 10.2 Å². The Morgan fingerprint density at radius 1 is 0.926 bits per heavy atom. The first-order chi connectivity index (χ1) is 13.3. The fraction of sp³-hybridized carbons (Fsp3) is 0.455. The van der Waals surface area contributed by atoms with Gasteiger partial charge in [0.25, 0.3) is 0 Å². The fourth-order valence-electron chi connectivity index (χ4n) is 3.23. The minimum Gasteiger partial charge on any atom is -0.493 e. The van der Waals surface area contributed by atoms with Crippen molar-refractivity contribution in [2.24, 2.45) is 0 Å². The standard InChI is InChI=1S/C22H30N2O3/c1-3-27-22-14-20(8-9-21(22)25-2)16-23-15-18-4-6-19(7-5-18)17-24-10-12-26-13-11-24/h4-9,14,23H,3,10-13,15-17H2,1-2H3. The van der Waals surface area contributed by atoms with E-state index >= 15 is 0 Å². The Morgan fingerprint density at radius 2 is 1.59 bits per heavy atom. The second-order valence-electron chi connectivity index (χ2n) is 6.73. The lowest BCUT2D eigenvalue weighted by atomic mass is 10.1. The molecule has 0 bridgehead atoms. The SMILES string of the molecule is CCOc1cc(CNCc2ccc(CN3CCOCC3)cc2)ccc1OC. The second kappa shape index (κ2) is 10.3. The summed E-state index contributed by atoms with van der Waals surface area (Å²) >= 11 is 0. The van der Waals surface area contributed by atoms with Crippen LogP contribution in [0, 0.1) is 0 Å². The molecule has 2 aromatic carbocycles. The first-order valence-corrected chi connectivity index (χ1v) is 9.67. The van der Waals surface area contributed by atoms with Crippen molar-refractivity contribution in [1.29, 1.82) is 0 Å². The first kappa shape index (κ1) is 19.7. The van der Waals surface area contributed by atoms with E-state index in [0.717, 1.165) is 57.4 Å². The molecule has 1 saturated heterocycles. The highest BCUT2D eigenvalue weighted by Gasteiger charge is 2.10. The lowest BCUT2D eigenvalue weighted by molar-refractivity contribution is 0.0342. The van der Waals surface area contributed by atoms with Gasteiger partial charge in [0.2, 0.25) is 0 Å². The van der Waals surface area contributed by atoms with Crippen molar-refractivity contribution in [3.8, 4) is 11.5 Å². The van der Waals surface area contributed by atoms with Gasteiger partial charge in [0, 0.05) is 32.7 Å². The van der Waals surface area contributed by atoms with Crippen LogP contribution in [0.4, 0.5) is 0 Å². The Kier molecular flexibility index (Phi) is 7.51. The molecule has 0 radical (unpaired) electrons. The van der Waals surface area contributed by atoms with E-state index < -0.39 is 0 Å². The van der Waals surface area contributed by atoms with Crippen LogP contribution >= 0.6 is 0 Å². The largest absolute Gasteiger partial charge is 0.493 e. The van der Waals surface area contributed by atoms with Crippen LogP contribution in [0.5, 0.6) is 11.5 Å². The smallest absolute Gasteiger partial charge is 0.161 e. The second-order valence-corrected chi connectivity index (χ2v) is 6.73. The molecule has 0 saturated carbocycles. The van der Waals surface area contributed by atoms with Crippen molar-refractivity contribution in [3.63, 3.8) is 0 Å². The summed E-state index contributed by atoms with van der Waals surface area (Å²) in [6.07, 6.45) is 0. The number of hydrogen-bond acceptors (Lipinski definition) is 5. The molecule has 0 spiro atoms. The average Bonchev–Trinajstić information content (AvgIpc) is 2.71. The molecule has 1 N–H and O–H groups in total. The molecule has 1 fully saturated rings. The van der Waals surface area contributed by atoms with Gasteiger partial charge in [-0.25, -0.2) is 0 Å². The molecular formula is C22H30N2O3. The third kappa shape index (κ3) is 5.96. The van der Waals surface area contributed by atoms with Gasteiger partial charge in [-0.2, -0.15) is 0 Å². The monoisotopic (exact) mass is 370 g/mol. The molecule has 3 rings (SSSR count). The van der Waals surface area contributed by atoms with Crippen LogP contribution in [-0.4, -0.2) is 44.9 Å². The third-order valence-corrected chi connectivity index (χ3v) is 4.72. The number of ether oxygens (including phenoxy) is 3. The van der Waals surface area contributed by atoms with E-state index in [1.807, 2.05) is 19.1 Å². The van der Waals surface area contributed by atoms with Crippen molar-refractivity contribution in [3.05, 3.63) is 59.2 Å². The van der Waals surface area contributed by atoms with Gasteiger partial charge in [-0.1, -0.05) is 30.3 Å². The van der Waals surface area contributed by atoms with E-state index in [4.69, 9.17) is 14.2 Å². The van der Waals surface area contributed by atoms with Crippen LogP contribution in [0.2, 0.25) is 0 Å². The molecular weight excluding hydrogens is 340 g/mol. The third-order valence-electron chi connectivity index (χ3n) is 4.72. The summed E-state index contributed by atoms with van der Waals surface area (Å²) < 4.78 is 16.4. The van der Waals surface area contributed by atoms with Gasteiger partial charge < -0.3 is 19.5 Å². The van der Waals surface area contributed by atoms with Gasteiger partial charge in [-0.05, 0) is 35.7 Å². The summed E-state index contributed by atoms with van der Waals surface area (Å²) in [5.41, 5.74) is 3.83. The molecule has 27 heavy (non-hydrogen) atoms. The zero-order valence-electron chi connectivity index (χ0n) is 16.4. The van der Waals surface area contributed by atoms with E-state index in [0.29, 0.717) is 6.61 Å². The van der Waals surface area contributed by atoms with Gasteiger partial charge in [-0.15, -0.1) is 0 Å². The quantitative estimate of drug-likeness (QED) is 0.734. The summed E-state index contributed by atoms with van der Waals surface area (Å²) in [6.45, 7) is 8.98. The first-order valence-electron chi connectivity index (χ1n) is 9.67. The van der Waals surface area contributed by atoms with E-state index in [1.54, 1.807) is 7.11 Å². The Hall–Kier alpha value is -2.08. The molecule has 0 amide bonds. The summed E-state index contributed by atoms with van der Waals surface area (Å²) in [5.74, 6) is 1.57. The highest BCUT2D eigenvalue weighted by Crippen LogP contribution is 2.28. The van der Waals surface area contributed by atoms with E-state index in [2.05, 4.69) is 40.5 Å². The van der Waals surface area contributed by atoms with Gasteiger partial charge in [-0.3, -0.25) is 4.90 Å². The Labute approximate surface area is 162 Å². The number of morpholine rings is 1. The Morgan fingerprint density at radius 3 is 2.30 bits per heavy atom. The van der Waals surface area contributed by atoms with Crippen molar-refractivity contribution in [2.75, 3.05) is 40.0 Å². The normalized spacial score (nSPS) is 14.9. The Balaban J connectivity index is 1.48. The molecule has 146 valence electrons. The number of nitrogens with zero attached hydrogens (tertiary/aromatic N) is 1. The van der Waals surface area contributed by atoms with Crippen LogP contribution < -0.4 is 14.8 Å². The predicted molar refractivity (Wildman–Crippen MR) is 107 cm³/mol. The predicted octanol–water partition coefficient (Wildman–Crippen LogP) is 3.22. The molecule has 2 aromatic rings.